The first-order valence-electron chi connectivity index (χ1n) is 8.90. The zero-order valence-electron chi connectivity index (χ0n) is 14.9. The molecule has 0 aromatic heterocycles. The van der Waals surface area contributed by atoms with Crippen LogP contribution in [0, 0.1) is 5.41 Å². The fourth-order valence-electron chi connectivity index (χ4n) is 4.51. The summed E-state index contributed by atoms with van der Waals surface area (Å²) in [5, 5.41) is 0. The summed E-state index contributed by atoms with van der Waals surface area (Å²) in [6.07, 6.45) is 4.36. The second kappa shape index (κ2) is 5.85. The number of nitrogens with zero attached hydrogens (tertiary/aromatic N) is 1. The molecule has 0 saturated carbocycles. The van der Waals surface area contributed by atoms with Crippen LogP contribution in [0.3, 0.4) is 0 Å². The van der Waals surface area contributed by atoms with Crippen LogP contribution >= 0.6 is 0 Å². The summed E-state index contributed by atoms with van der Waals surface area (Å²) in [7, 11) is 0. The van der Waals surface area contributed by atoms with Gasteiger partial charge < -0.3 is 9.64 Å². The molecule has 126 valence electrons. The van der Waals surface area contributed by atoms with Crippen LogP contribution in [0.25, 0.3) is 0 Å². The Balaban J connectivity index is 1.70. The van der Waals surface area contributed by atoms with Crippen molar-refractivity contribution in [1.29, 1.82) is 0 Å². The highest BCUT2D eigenvalue weighted by Gasteiger charge is 2.47. The van der Waals surface area contributed by atoms with Gasteiger partial charge in [-0.25, -0.2) is 4.79 Å². The molecule has 0 N–H and O–H groups in total. The van der Waals surface area contributed by atoms with Gasteiger partial charge in [0.15, 0.2) is 0 Å². The van der Waals surface area contributed by atoms with Crippen LogP contribution in [-0.4, -0.2) is 29.7 Å². The van der Waals surface area contributed by atoms with Gasteiger partial charge in [-0.05, 0) is 68.9 Å². The van der Waals surface area contributed by atoms with E-state index >= 15 is 0 Å². The van der Waals surface area contributed by atoms with E-state index in [1.165, 1.54) is 18.4 Å². The minimum absolute atomic E-state index is 0.157. The van der Waals surface area contributed by atoms with Crippen molar-refractivity contribution in [2.24, 2.45) is 5.41 Å². The van der Waals surface area contributed by atoms with Crippen LogP contribution in [0.2, 0.25) is 0 Å². The maximum Gasteiger partial charge on any atom is 0.410 e. The lowest BCUT2D eigenvalue weighted by molar-refractivity contribution is 0.00759. The van der Waals surface area contributed by atoms with Gasteiger partial charge in [0, 0.05) is 13.1 Å². The number of hydrogen-bond donors (Lipinski definition) is 0. The Bertz CT molecular complexity index is 580. The molecule has 1 saturated heterocycles. The number of fused-ring (bicyclic) bond motifs is 1. The number of carbonyl (C=O) groups excluding carboxylic acids is 1. The van der Waals surface area contributed by atoms with E-state index in [1.807, 2.05) is 25.7 Å². The van der Waals surface area contributed by atoms with Gasteiger partial charge in [-0.3, -0.25) is 0 Å². The Morgan fingerprint density at radius 2 is 1.91 bits per heavy atom. The van der Waals surface area contributed by atoms with Crippen molar-refractivity contribution < 1.29 is 9.53 Å². The Morgan fingerprint density at radius 3 is 2.52 bits per heavy atom. The monoisotopic (exact) mass is 315 g/mol. The van der Waals surface area contributed by atoms with Gasteiger partial charge in [0.2, 0.25) is 0 Å². The summed E-state index contributed by atoms with van der Waals surface area (Å²) in [4.78, 5) is 14.2. The lowest BCUT2D eigenvalue weighted by Crippen LogP contribution is -2.46. The molecule has 1 atom stereocenters. The standard InChI is InChI=1S/C20H29NO2/c1-5-17-16-9-7-6-8-15(16)14-20(17)10-12-21(13-11-20)18(22)23-19(2,3)4/h6-9,17H,5,10-14H2,1-4H3/t17-/m1/s1. The number of piperidine rings is 1. The van der Waals surface area contributed by atoms with Crippen molar-refractivity contribution in [3.63, 3.8) is 0 Å². The van der Waals surface area contributed by atoms with E-state index in [0.717, 1.165) is 25.9 Å². The molecule has 0 unspecified atom stereocenters. The number of benzene rings is 1. The largest absolute Gasteiger partial charge is 0.444 e. The topological polar surface area (TPSA) is 29.5 Å². The zero-order chi connectivity index (χ0) is 16.7. The molecule has 2 aliphatic rings. The molecule has 1 aliphatic carbocycles. The Morgan fingerprint density at radius 1 is 1.26 bits per heavy atom. The fourth-order valence-corrected chi connectivity index (χ4v) is 4.51. The van der Waals surface area contributed by atoms with Gasteiger partial charge >= 0.3 is 6.09 Å². The number of amides is 1. The smallest absolute Gasteiger partial charge is 0.410 e. The van der Waals surface area contributed by atoms with E-state index in [-0.39, 0.29) is 6.09 Å². The Kier molecular flexibility index (Phi) is 4.16. The quantitative estimate of drug-likeness (QED) is 0.748. The summed E-state index contributed by atoms with van der Waals surface area (Å²) < 4.78 is 5.53. The molecule has 3 heteroatoms. The molecular formula is C20H29NO2. The first-order chi connectivity index (χ1) is 10.8. The summed E-state index contributed by atoms with van der Waals surface area (Å²) >= 11 is 0. The third kappa shape index (κ3) is 3.11. The van der Waals surface area contributed by atoms with Crippen LogP contribution < -0.4 is 0 Å². The van der Waals surface area contributed by atoms with Gasteiger partial charge in [0.25, 0.3) is 0 Å². The van der Waals surface area contributed by atoms with Crippen LogP contribution in [-0.2, 0) is 11.2 Å². The Labute approximate surface area is 140 Å². The van der Waals surface area contributed by atoms with Gasteiger partial charge in [-0.2, -0.15) is 0 Å². The highest BCUT2D eigenvalue weighted by Crippen LogP contribution is 2.54. The summed E-state index contributed by atoms with van der Waals surface area (Å²) in [5.74, 6) is 0.638. The average Bonchev–Trinajstić information content (AvgIpc) is 2.78. The molecule has 1 aliphatic heterocycles. The van der Waals surface area contributed by atoms with E-state index in [9.17, 15) is 4.79 Å². The number of rotatable bonds is 1. The predicted octanol–water partition coefficient (Wildman–Crippen LogP) is 4.75. The molecule has 1 heterocycles. The minimum atomic E-state index is -0.415. The maximum atomic E-state index is 12.3. The molecule has 3 nitrogen and oxygen atoms in total. The van der Waals surface area contributed by atoms with Crippen molar-refractivity contribution in [3.8, 4) is 0 Å². The second-order valence-electron chi connectivity index (χ2n) is 8.17. The molecule has 1 aromatic carbocycles. The SMILES string of the molecule is CC[C@@H]1c2ccccc2CC12CCN(C(=O)OC(C)(C)C)CC2. The van der Waals surface area contributed by atoms with E-state index in [2.05, 4.69) is 31.2 Å². The van der Waals surface area contributed by atoms with Crippen LogP contribution in [0.4, 0.5) is 4.79 Å². The summed E-state index contributed by atoms with van der Waals surface area (Å²) in [6.45, 7) is 9.72. The van der Waals surface area contributed by atoms with E-state index in [0.29, 0.717) is 11.3 Å². The molecule has 0 radical (unpaired) electrons. The van der Waals surface area contributed by atoms with Gasteiger partial charge in [0.05, 0.1) is 0 Å². The van der Waals surface area contributed by atoms with Crippen molar-refractivity contribution in [2.45, 2.75) is 64.9 Å². The third-order valence-electron chi connectivity index (χ3n) is 5.53. The lowest BCUT2D eigenvalue weighted by Gasteiger charge is -2.43. The molecule has 1 aromatic rings. The number of carbonyl (C=O) groups is 1. The van der Waals surface area contributed by atoms with Crippen molar-refractivity contribution in [2.75, 3.05) is 13.1 Å². The molecule has 1 spiro atoms. The lowest BCUT2D eigenvalue weighted by atomic mass is 9.68. The average molecular weight is 315 g/mol. The first kappa shape index (κ1) is 16.4. The van der Waals surface area contributed by atoms with Crippen LogP contribution in [0.15, 0.2) is 24.3 Å². The molecule has 3 rings (SSSR count). The highest BCUT2D eigenvalue weighted by molar-refractivity contribution is 5.68. The highest BCUT2D eigenvalue weighted by atomic mass is 16.6. The molecule has 1 amide bonds. The zero-order valence-corrected chi connectivity index (χ0v) is 14.9. The Hall–Kier alpha value is -1.51. The molecule has 23 heavy (non-hydrogen) atoms. The second-order valence-corrected chi connectivity index (χ2v) is 8.17. The molecular weight excluding hydrogens is 286 g/mol. The van der Waals surface area contributed by atoms with Gasteiger partial charge in [-0.15, -0.1) is 0 Å². The van der Waals surface area contributed by atoms with Crippen LogP contribution in [0.1, 0.15) is 64.0 Å². The number of likely N-dealkylation sites (tertiary alicyclic amines) is 1. The van der Waals surface area contributed by atoms with Gasteiger partial charge in [0.1, 0.15) is 5.60 Å². The maximum absolute atomic E-state index is 12.3. The number of hydrogen-bond acceptors (Lipinski definition) is 2. The molecule has 1 fully saturated rings. The van der Waals surface area contributed by atoms with Crippen LogP contribution in [0.5, 0.6) is 0 Å². The number of ether oxygens (including phenoxy) is 1. The minimum Gasteiger partial charge on any atom is -0.444 e. The van der Waals surface area contributed by atoms with E-state index in [1.54, 1.807) is 5.56 Å². The first-order valence-corrected chi connectivity index (χ1v) is 8.90. The normalized spacial score (nSPS) is 23.0. The predicted molar refractivity (Wildman–Crippen MR) is 92.7 cm³/mol. The van der Waals surface area contributed by atoms with E-state index in [4.69, 9.17) is 4.74 Å². The third-order valence-corrected chi connectivity index (χ3v) is 5.53. The van der Waals surface area contributed by atoms with Gasteiger partial charge in [-0.1, -0.05) is 31.2 Å². The summed E-state index contributed by atoms with van der Waals surface area (Å²) in [6, 6.07) is 8.90. The van der Waals surface area contributed by atoms with E-state index < -0.39 is 5.60 Å². The molecule has 0 bridgehead atoms. The fraction of sp³-hybridized carbons (Fsp3) is 0.650. The van der Waals surface area contributed by atoms with Crippen molar-refractivity contribution in [1.82, 2.24) is 4.90 Å². The summed E-state index contributed by atoms with van der Waals surface area (Å²) in [5.41, 5.74) is 2.99. The van der Waals surface area contributed by atoms with Crippen molar-refractivity contribution >= 4 is 6.09 Å². The van der Waals surface area contributed by atoms with Crippen molar-refractivity contribution in [3.05, 3.63) is 35.4 Å².